The summed E-state index contributed by atoms with van der Waals surface area (Å²) in [6.45, 7) is 3.29. The maximum atomic E-state index is 13.8. The molecule has 0 aliphatic carbocycles. The van der Waals surface area contributed by atoms with Gasteiger partial charge in [-0.25, -0.2) is 3.63 Å². The van der Waals surface area contributed by atoms with Crippen LogP contribution in [-0.4, -0.2) is 54.1 Å². The molecule has 3 aromatic carbocycles. The molecule has 2 heterocycles. The first-order valence-corrected chi connectivity index (χ1v) is 18.7. The average Bonchev–Trinajstić information content (AvgIpc) is 3.04. The monoisotopic (exact) mass is 643 g/mol. The van der Waals surface area contributed by atoms with Gasteiger partial charge in [0.1, 0.15) is 11.5 Å². The van der Waals surface area contributed by atoms with Gasteiger partial charge in [0.25, 0.3) is 10.1 Å². The standard InChI is InChI=1S/C34H45NO7S2/c1-4-5-23-43(36,37)42-44(30-16-10-13-27(24-30)35(2)3,31-17-11-14-28(25-31)40-33-19-6-8-21-38-33)32-18-12-15-29(26-32)41-34-20-7-9-22-39-34/h10-18,24-26,33-34H,4-9,19-23H2,1-3H3. The fourth-order valence-electron chi connectivity index (χ4n) is 5.34. The predicted molar refractivity (Wildman–Crippen MR) is 174 cm³/mol. The van der Waals surface area contributed by atoms with Crippen LogP contribution in [0.15, 0.2) is 87.5 Å². The van der Waals surface area contributed by atoms with Crippen LogP contribution in [0.1, 0.15) is 58.3 Å². The van der Waals surface area contributed by atoms with E-state index in [1.54, 1.807) is 0 Å². The second-order valence-corrected chi connectivity index (χ2v) is 16.0. The minimum absolute atomic E-state index is 0.0795. The lowest BCUT2D eigenvalue weighted by molar-refractivity contribution is -0.106. The molecule has 0 spiro atoms. The van der Waals surface area contributed by atoms with Crippen molar-refractivity contribution in [2.75, 3.05) is 38.0 Å². The molecular weight excluding hydrogens is 599 g/mol. The summed E-state index contributed by atoms with van der Waals surface area (Å²) in [6.07, 6.45) is 6.25. The van der Waals surface area contributed by atoms with Gasteiger partial charge in [-0.2, -0.15) is 8.42 Å². The van der Waals surface area contributed by atoms with E-state index in [1.165, 1.54) is 0 Å². The molecule has 0 bridgehead atoms. The largest absolute Gasteiger partial charge is 0.465 e. The van der Waals surface area contributed by atoms with Crippen LogP contribution in [0, 0.1) is 0 Å². The van der Waals surface area contributed by atoms with Crippen LogP contribution in [-0.2, 0) is 23.2 Å². The summed E-state index contributed by atoms with van der Waals surface area (Å²) in [7, 11) is -2.90. The zero-order valence-corrected chi connectivity index (χ0v) is 27.6. The van der Waals surface area contributed by atoms with E-state index in [0.29, 0.717) is 40.9 Å². The third-order valence-electron chi connectivity index (χ3n) is 7.71. The van der Waals surface area contributed by atoms with Crippen molar-refractivity contribution < 1.29 is 31.0 Å². The van der Waals surface area contributed by atoms with E-state index < -0.39 is 20.4 Å². The highest BCUT2D eigenvalue weighted by atomic mass is 32.3. The minimum atomic E-state index is -3.97. The van der Waals surface area contributed by atoms with Gasteiger partial charge in [-0.1, -0.05) is 31.5 Å². The Kier molecular flexibility index (Phi) is 11.1. The van der Waals surface area contributed by atoms with Crippen molar-refractivity contribution in [3.63, 3.8) is 0 Å². The number of hydrogen-bond donors (Lipinski definition) is 0. The Morgan fingerprint density at radius 2 is 1.27 bits per heavy atom. The molecule has 0 saturated carbocycles. The number of ether oxygens (including phenoxy) is 4. The second kappa shape index (κ2) is 15.0. The van der Waals surface area contributed by atoms with E-state index in [0.717, 1.165) is 55.5 Å². The van der Waals surface area contributed by atoms with Crippen LogP contribution in [0.2, 0.25) is 0 Å². The summed E-state index contributed by atoms with van der Waals surface area (Å²) < 4.78 is 58.5. The van der Waals surface area contributed by atoms with Crippen molar-refractivity contribution >= 4 is 26.1 Å². The van der Waals surface area contributed by atoms with E-state index in [-0.39, 0.29) is 18.3 Å². The molecule has 0 aromatic heterocycles. The van der Waals surface area contributed by atoms with Crippen molar-refractivity contribution in [2.24, 2.45) is 0 Å². The summed E-state index contributed by atoms with van der Waals surface area (Å²) in [5, 5.41) is 0. The minimum Gasteiger partial charge on any atom is -0.465 e. The van der Waals surface area contributed by atoms with Gasteiger partial charge in [-0.05, 0) is 97.0 Å². The molecule has 5 rings (SSSR count). The molecule has 2 aliphatic heterocycles. The maximum absolute atomic E-state index is 13.8. The smallest absolute Gasteiger partial charge is 0.277 e. The van der Waals surface area contributed by atoms with Crippen LogP contribution < -0.4 is 14.4 Å². The van der Waals surface area contributed by atoms with Gasteiger partial charge in [0.05, 0.1) is 19.0 Å². The van der Waals surface area contributed by atoms with Crippen molar-refractivity contribution in [3.8, 4) is 11.5 Å². The highest BCUT2D eigenvalue weighted by Crippen LogP contribution is 2.71. The van der Waals surface area contributed by atoms with Crippen molar-refractivity contribution in [3.05, 3.63) is 72.8 Å². The molecule has 44 heavy (non-hydrogen) atoms. The second-order valence-electron chi connectivity index (χ2n) is 11.4. The lowest BCUT2D eigenvalue weighted by Crippen LogP contribution is -2.25. The molecule has 3 aromatic rings. The molecule has 0 N–H and O–H groups in total. The van der Waals surface area contributed by atoms with E-state index in [2.05, 4.69) is 0 Å². The molecule has 2 saturated heterocycles. The molecule has 0 radical (unpaired) electrons. The van der Waals surface area contributed by atoms with Crippen LogP contribution in [0.4, 0.5) is 5.69 Å². The maximum Gasteiger partial charge on any atom is 0.277 e. The Morgan fingerprint density at radius 3 is 1.75 bits per heavy atom. The predicted octanol–water partition coefficient (Wildman–Crippen LogP) is 7.91. The van der Waals surface area contributed by atoms with Gasteiger partial charge < -0.3 is 23.8 Å². The molecule has 2 unspecified atom stereocenters. The van der Waals surface area contributed by atoms with Gasteiger partial charge >= 0.3 is 0 Å². The van der Waals surface area contributed by atoms with Crippen LogP contribution >= 0.6 is 10.3 Å². The van der Waals surface area contributed by atoms with Gasteiger partial charge in [-0.15, -0.1) is 0 Å². The molecule has 2 atom stereocenters. The van der Waals surface area contributed by atoms with E-state index in [1.807, 2.05) is 98.7 Å². The molecule has 2 fully saturated rings. The molecule has 10 heteroatoms. The lowest BCUT2D eigenvalue weighted by Gasteiger charge is -2.40. The molecule has 8 nitrogen and oxygen atoms in total. The molecule has 2 aliphatic rings. The number of anilines is 1. The van der Waals surface area contributed by atoms with Crippen molar-refractivity contribution in [1.82, 2.24) is 0 Å². The fraction of sp³-hybridized carbons (Fsp3) is 0.471. The fourth-order valence-corrected chi connectivity index (χ4v) is 10.9. The Morgan fingerprint density at radius 1 is 0.750 bits per heavy atom. The third-order valence-corrected chi connectivity index (χ3v) is 12.9. The Hall–Kier alpha value is -2.76. The van der Waals surface area contributed by atoms with Gasteiger partial charge in [-0.3, -0.25) is 0 Å². The number of nitrogens with zero attached hydrogens (tertiary/aromatic N) is 1. The van der Waals surface area contributed by atoms with Crippen LogP contribution in [0.25, 0.3) is 0 Å². The highest BCUT2D eigenvalue weighted by molar-refractivity contribution is 8.33. The van der Waals surface area contributed by atoms with Crippen LogP contribution in [0.3, 0.4) is 0 Å². The third kappa shape index (κ3) is 8.09. The zero-order chi connectivity index (χ0) is 31.0. The van der Waals surface area contributed by atoms with Crippen molar-refractivity contribution in [2.45, 2.75) is 85.6 Å². The van der Waals surface area contributed by atoms with Gasteiger partial charge in [0.2, 0.25) is 0 Å². The Bertz CT molecular complexity index is 1400. The van der Waals surface area contributed by atoms with E-state index >= 15 is 0 Å². The quantitative estimate of drug-likeness (QED) is 0.186. The van der Waals surface area contributed by atoms with Gasteiger partial charge in [0.15, 0.2) is 12.6 Å². The first-order valence-electron chi connectivity index (χ1n) is 15.6. The van der Waals surface area contributed by atoms with Crippen molar-refractivity contribution in [1.29, 1.82) is 0 Å². The number of rotatable bonds is 13. The first kappa shape index (κ1) is 32.6. The average molecular weight is 644 g/mol. The summed E-state index contributed by atoms with van der Waals surface area (Å²) in [5.74, 6) is 1.13. The zero-order valence-electron chi connectivity index (χ0n) is 26.0. The Labute approximate surface area is 264 Å². The lowest BCUT2D eigenvalue weighted by atomic mass is 10.2. The number of unbranched alkanes of at least 4 members (excludes halogenated alkanes) is 1. The molecular formula is C34H45NO7S2. The number of hydrogen-bond acceptors (Lipinski definition) is 8. The normalized spacial score (nSPS) is 21.2. The highest BCUT2D eigenvalue weighted by Gasteiger charge is 2.39. The summed E-state index contributed by atoms with van der Waals surface area (Å²) in [4.78, 5) is 4.15. The topological polar surface area (TPSA) is 83.5 Å². The summed E-state index contributed by atoms with van der Waals surface area (Å²) in [6, 6.07) is 23.1. The summed E-state index contributed by atoms with van der Waals surface area (Å²) >= 11 is 0. The Balaban J connectivity index is 1.68. The summed E-state index contributed by atoms with van der Waals surface area (Å²) in [5.41, 5.74) is 0.931. The van der Waals surface area contributed by atoms with E-state index in [9.17, 15) is 8.42 Å². The van der Waals surface area contributed by atoms with E-state index in [4.69, 9.17) is 22.6 Å². The first-order chi connectivity index (χ1) is 21.3. The van der Waals surface area contributed by atoms with Crippen LogP contribution in [0.5, 0.6) is 11.5 Å². The SMILES string of the molecule is CCCCS(=O)(=O)OS(c1cccc(OC2CCCCO2)c1)(c1cccc(OC2CCCCO2)c1)c1cccc(N(C)C)c1. The number of benzene rings is 3. The molecule has 0 amide bonds. The van der Waals surface area contributed by atoms with Gasteiger partial charge in [0, 0.05) is 47.3 Å². The molecule has 240 valence electrons.